The molecule has 2 heterocycles. The van der Waals surface area contributed by atoms with Crippen molar-refractivity contribution in [3.8, 4) is 0 Å². The lowest BCUT2D eigenvalue weighted by Gasteiger charge is -2.16. The van der Waals surface area contributed by atoms with E-state index in [0.717, 1.165) is 10.0 Å². The maximum absolute atomic E-state index is 12.1. The van der Waals surface area contributed by atoms with Crippen molar-refractivity contribution in [2.75, 3.05) is 11.9 Å². The average molecular weight is 306 g/mol. The van der Waals surface area contributed by atoms with Crippen molar-refractivity contribution in [1.82, 2.24) is 9.97 Å². The third-order valence-corrected chi connectivity index (χ3v) is 3.00. The van der Waals surface area contributed by atoms with Crippen molar-refractivity contribution in [3.05, 3.63) is 52.9 Å². The van der Waals surface area contributed by atoms with E-state index in [2.05, 4.69) is 25.9 Å². The van der Waals surface area contributed by atoms with Gasteiger partial charge in [-0.25, -0.2) is 4.98 Å². The predicted molar refractivity (Wildman–Crippen MR) is 73.3 cm³/mol. The maximum atomic E-state index is 12.1. The highest BCUT2D eigenvalue weighted by Crippen LogP contribution is 2.16. The highest BCUT2D eigenvalue weighted by atomic mass is 79.9. The molecule has 0 aromatic carbocycles. The lowest BCUT2D eigenvalue weighted by Crippen LogP contribution is -2.28. The third kappa shape index (κ3) is 3.13. The summed E-state index contributed by atoms with van der Waals surface area (Å²) in [6.45, 7) is 0. The Labute approximate surface area is 114 Å². The topological polar surface area (TPSA) is 46.1 Å². The molecule has 2 aromatic heterocycles. The van der Waals surface area contributed by atoms with Crippen LogP contribution in [0.4, 0.5) is 5.82 Å². The van der Waals surface area contributed by atoms with Crippen LogP contribution in [0.5, 0.6) is 0 Å². The summed E-state index contributed by atoms with van der Waals surface area (Å²) >= 11 is 3.36. The molecule has 0 aliphatic heterocycles. The molecule has 0 aliphatic rings. The van der Waals surface area contributed by atoms with Gasteiger partial charge in [-0.3, -0.25) is 14.7 Å². The summed E-state index contributed by atoms with van der Waals surface area (Å²) < 4.78 is 0.897. The number of nitrogens with zero attached hydrogens (tertiary/aromatic N) is 3. The van der Waals surface area contributed by atoms with E-state index < -0.39 is 0 Å². The number of hydrogen-bond acceptors (Lipinski definition) is 3. The predicted octanol–water partition coefficient (Wildman–Crippen LogP) is 2.44. The number of halogens is 1. The van der Waals surface area contributed by atoms with Crippen LogP contribution in [0.15, 0.2) is 47.3 Å². The monoisotopic (exact) mass is 305 g/mol. The zero-order valence-electron chi connectivity index (χ0n) is 9.88. The van der Waals surface area contributed by atoms with E-state index >= 15 is 0 Å². The lowest BCUT2D eigenvalue weighted by atomic mass is 10.2. The molecular formula is C13H12BrN3O. The maximum Gasteiger partial charge on any atom is 0.232 e. The van der Waals surface area contributed by atoms with Gasteiger partial charge in [-0.2, -0.15) is 0 Å². The fraction of sp³-hybridized carbons (Fsp3) is 0.154. The number of likely N-dealkylation sites (N-methyl/N-ethyl adjacent to an activating group) is 1. The summed E-state index contributed by atoms with van der Waals surface area (Å²) in [6.07, 6.45) is 5.36. The largest absolute Gasteiger partial charge is 0.300 e. The molecule has 0 bridgehead atoms. The van der Waals surface area contributed by atoms with E-state index in [9.17, 15) is 4.79 Å². The summed E-state index contributed by atoms with van der Waals surface area (Å²) in [5.41, 5.74) is 0.893. The van der Waals surface area contributed by atoms with Crippen LogP contribution in [0, 0.1) is 0 Å². The van der Waals surface area contributed by atoms with Gasteiger partial charge in [-0.05, 0) is 23.8 Å². The van der Waals surface area contributed by atoms with Gasteiger partial charge in [-0.15, -0.1) is 0 Å². The van der Waals surface area contributed by atoms with Crippen molar-refractivity contribution in [1.29, 1.82) is 0 Å². The summed E-state index contributed by atoms with van der Waals surface area (Å²) in [5, 5.41) is 0. The number of anilines is 1. The van der Waals surface area contributed by atoms with Crippen molar-refractivity contribution in [2.45, 2.75) is 6.42 Å². The molecule has 0 aliphatic carbocycles. The minimum absolute atomic E-state index is 0.0198. The van der Waals surface area contributed by atoms with Crippen LogP contribution in [0.1, 0.15) is 5.56 Å². The molecule has 2 rings (SSSR count). The Morgan fingerprint density at radius 3 is 2.89 bits per heavy atom. The van der Waals surface area contributed by atoms with Crippen LogP contribution >= 0.6 is 15.9 Å². The second-order valence-electron chi connectivity index (χ2n) is 3.82. The summed E-state index contributed by atoms with van der Waals surface area (Å²) in [6, 6.07) is 7.33. The van der Waals surface area contributed by atoms with E-state index in [1.165, 1.54) is 4.90 Å². The van der Waals surface area contributed by atoms with Gasteiger partial charge in [0.2, 0.25) is 5.91 Å². The lowest BCUT2D eigenvalue weighted by molar-refractivity contribution is -0.117. The molecule has 4 nitrogen and oxygen atoms in total. The van der Waals surface area contributed by atoms with Crippen molar-refractivity contribution in [2.24, 2.45) is 0 Å². The number of carbonyl (C=O) groups is 1. The van der Waals surface area contributed by atoms with Gasteiger partial charge in [-0.1, -0.05) is 22.0 Å². The summed E-state index contributed by atoms with van der Waals surface area (Å²) in [7, 11) is 1.72. The highest BCUT2D eigenvalue weighted by molar-refractivity contribution is 9.10. The van der Waals surface area contributed by atoms with E-state index in [-0.39, 0.29) is 5.91 Å². The standard InChI is InChI=1S/C13H12BrN3O/c1-17(12-8-11(14)4-6-16-12)13(18)7-10-3-2-5-15-9-10/h2-6,8-9H,7H2,1H3. The van der Waals surface area contributed by atoms with E-state index in [1.54, 1.807) is 31.7 Å². The Hall–Kier alpha value is -1.75. The third-order valence-electron chi connectivity index (χ3n) is 2.50. The van der Waals surface area contributed by atoms with Crippen LogP contribution < -0.4 is 4.90 Å². The zero-order chi connectivity index (χ0) is 13.0. The molecule has 92 valence electrons. The zero-order valence-corrected chi connectivity index (χ0v) is 11.5. The van der Waals surface area contributed by atoms with Gasteiger partial charge in [0.05, 0.1) is 6.42 Å². The molecule has 0 fully saturated rings. The van der Waals surface area contributed by atoms with Crippen LogP contribution in [0.2, 0.25) is 0 Å². The normalized spacial score (nSPS) is 10.1. The second-order valence-corrected chi connectivity index (χ2v) is 4.74. The van der Waals surface area contributed by atoms with Gasteiger partial charge in [0, 0.05) is 30.1 Å². The fourth-order valence-corrected chi connectivity index (χ4v) is 1.82. The Morgan fingerprint density at radius 1 is 1.39 bits per heavy atom. The second kappa shape index (κ2) is 5.73. The first kappa shape index (κ1) is 12.7. The Balaban J connectivity index is 2.10. The van der Waals surface area contributed by atoms with Crippen molar-refractivity contribution in [3.63, 3.8) is 0 Å². The molecule has 0 atom stereocenters. The van der Waals surface area contributed by atoms with Crippen molar-refractivity contribution < 1.29 is 4.79 Å². The molecule has 0 saturated carbocycles. The minimum Gasteiger partial charge on any atom is -0.300 e. The van der Waals surface area contributed by atoms with E-state index in [0.29, 0.717) is 12.2 Å². The summed E-state index contributed by atoms with van der Waals surface area (Å²) in [4.78, 5) is 21.8. The number of amides is 1. The molecule has 2 aromatic rings. The molecule has 0 N–H and O–H groups in total. The van der Waals surface area contributed by atoms with Gasteiger partial charge in [0.15, 0.2) is 0 Å². The first-order chi connectivity index (χ1) is 8.66. The van der Waals surface area contributed by atoms with Gasteiger partial charge in [0.1, 0.15) is 5.82 Å². The molecule has 1 amide bonds. The quantitative estimate of drug-likeness (QED) is 0.875. The Morgan fingerprint density at radius 2 is 2.22 bits per heavy atom. The molecular weight excluding hydrogens is 294 g/mol. The van der Waals surface area contributed by atoms with Gasteiger partial charge < -0.3 is 0 Å². The van der Waals surface area contributed by atoms with E-state index in [1.807, 2.05) is 18.2 Å². The van der Waals surface area contributed by atoms with Gasteiger partial charge in [0.25, 0.3) is 0 Å². The van der Waals surface area contributed by atoms with Crippen molar-refractivity contribution >= 4 is 27.7 Å². The van der Waals surface area contributed by atoms with Gasteiger partial charge >= 0.3 is 0 Å². The minimum atomic E-state index is -0.0198. The molecule has 5 heteroatoms. The highest BCUT2D eigenvalue weighted by Gasteiger charge is 2.12. The number of carbonyl (C=O) groups excluding carboxylic acids is 1. The first-order valence-corrected chi connectivity index (χ1v) is 6.23. The van der Waals surface area contributed by atoms with Crippen LogP contribution in [-0.2, 0) is 11.2 Å². The molecule has 0 spiro atoms. The SMILES string of the molecule is CN(C(=O)Cc1cccnc1)c1cc(Br)ccn1. The molecule has 18 heavy (non-hydrogen) atoms. The first-order valence-electron chi connectivity index (χ1n) is 5.44. The Bertz CT molecular complexity index is 545. The Kier molecular flexibility index (Phi) is 4.04. The van der Waals surface area contributed by atoms with Crippen LogP contribution in [-0.4, -0.2) is 22.9 Å². The van der Waals surface area contributed by atoms with E-state index in [4.69, 9.17) is 0 Å². The number of aromatic nitrogens is 2. The number of hydrogen-bond donors (Lipinski definition) is 0. The molecule has 0 saturated heterocycles. The molecule has 0 radical (unpaired) electrons. The average Bonchev–Trinajstić information content (AvgIpc) is 2.39. The van der Waals surface area contributed by atoms with Crippen LogP contribution in [0.25, 0.3) is 0 Å². The smallest absolute Gasteiger partial charge is 0.232 e. The van der Waals surface area contributed by atoms with Crippen LogP contribution in [0.3, 0.4) is 0 Å². The molecule has 0 unspecified atom stereocenters. The fourth-order valence-electron chi connectivity index (χ4n) is 1.50. The summed E-state index contributed by atoms with van der Waals surface area (Å²) in [5.74, 6) is 0.604. The number of pyridine rings is 2. The number of rotatable bonds is 3.